The van der Waals surface area contributed by atoms with Crippen LogP contribution in [0.5, 0.6) is 0 Å². The maximum Gasteiger partial charge on any atom is 0.273 e. The third kappa shape index (κ3) is 3.05. The Kier molecular flexibility index (Phi) is 3.88. The first-order valence-corrected chi connectivity index (χ1v) is 5.37. The molecule has 92 valence electrons. The molecule has 0 spiro atoms. The predicted octanol–water partition coefficient (Wildman–Crippen LogP) is 1.46. The van der Waals surface area contributed by atoms with Crippen molar-refractivity contribution in [1.29, 1.82) is 0 Å². The second-order valence-electron chi connectivity index (χ2n) is 3.56. The molecule has 0 fully saturated rings. The third-order valence-electron chi connectivity index (χ3n) is 2.27. The van der Waals surface area contributed by atoms with Crippen LogP contribution in [0, 0.1) is 0 Å². The van der Waals surface area contributed by atoms with Gasteiger partial charge in [-0.05, 0) is 17.7 Å². The molecule has 1 amide bonds. The molecule has 2 rings (SSSR count). The summed E-state index contributed by atoms with van der Waals surface area (Å²) in [6, 6.07) is 12.0. The smallest absolute Gasteiger partial charge is 0.273 e. The summed E-state index contributed by atoms with van der Waals surface area (Å²) in [7, 11) is 0. The molecule has 5 nitrogen and oxygen atoms in total. The van der Waals surface area contributed by atoms with Crippen molar-refractivity contribution in [3.8, 4) is 0 Å². The summed E-state index contributed by atoms with van der Waals surface area (Å²) in [6.45, 7) is 0. The van der Waals surface area contributed by atoms with Crippen molar-refractivity contribution in [2.24, 2.45) is 5.10 Å². The van der Waals surface area contributed by atoms with Crippen LogP contribution >= 0.6 is 0 Å². The zero-order valence-electron chi connectivity index (χ0n) is 9.48. The van der Waals surface area contributed by atoms with Gasteiger partial charge in [0, 0.05) is 0 Å². The Morgan fingerprint density at radius 2 is 2.06 bits per heavy atom. The van der Waals surface area contributed by atoms with Crippen molar-refractivity contribution < 1.29 is 14.3 Å². The van der Waals surface area contributed by atoms with Crippen molar-refractivity contribution in [2.45, 2.75) is 6.10 Å². The van der Waals surface area contributed by atoms with Gasteiger partial charge in [0.15, 0.2) is 6.10 Å². The van der Waals surface area contributed by atoms with E-state index in [2.05, 4.69) is 10.5 Å². The number of aliphatic hydroxyl groups is 1. The average Bonchev–Trinajstić information content (AvgIpc) is 2.92. The highest BCUT2D eigenvalue weighted by molar-refractivity contribution is 5.83. The second kappa shape index (κ2) is 5.79. The molecule has 18 heavy (non-hydrogen) atoms. The van der Waals surface area contributed by atoms with E-state index in [-0.39, 0.29) is 0 Å². The molecule has 0 aliphatic rings. The van der Waals surface area contributed by atoms with Gasteiger partial charge in [0.2, 0.25) is 0 Å². The standard InChI is InChI=1S/C13H12N2O3/c16-12(10-5-2-1-3-6-10)13(17)15-14-9-11-7-4-8-18-11/h1-9,12,16H,(H,15,17)/b14-9-/t12-/m1/s1. The minimum absolute atomic E-state index is 0.517. The number of carbonyl (C=O) groups is 1. The molecule has 2 aromatic rings. The van der Waals surface area contributed by atoms with Crippen molar-refractivity contribution >= 4 is 12.1 Å². The summed E-state index contributed by atoms with van der Waals surface area (Å²) < 4.78 is 5.00. The lowest BCUT2D eigenvalue weighted by Gasteiger charge is -2.08. The van der Waals surface area contributed by atoms with E-state index in [1.807, 2.05) is 6.07 Å². The number of nitrogens with one attached hydrogen (secondary N) is 1. The first-order chi connectivity index (χ1) is 8.77. The van der Waals surface area contributed by atoms with Crippen molar-refractivity contribution in [2.75, 3.05) is 0 Å². The lowest BCUT2D eigenvalue weighted by Crippen LogP contribution is -2.25. The summed E-state index contributed by atoms with van der Waals surface area (Å²) in [6.07, 6.45) is 1.62. The number of hydrogen-bond donors (Lipinski definition) is 2. The van der Waals surface area contributed by atoms with Gasteiger partial charge in [-0.25, -0.2) is 5.43 Å². The first kappa shape index (κ1) is 12.1. The van der Waals surface area contributed by atoms with Gasteiger partial charge in [-0.1, -0.05) is 30.3 Å². The quantitative estimate of drug-likeness (QED) is 0.631. The summed E-state index contributed by atoms with van der Waals surface area (Å²) in [4.78, 5) is 11.6. The van der Waals surface area contributed by atoms with Crippen LogP contribution in [-0.4, -0.2) is 17.2 Å². The fourth-order valence-corrected chi connectivity index (χ4v) is 1.37. The van der Waals surface area contributed by atoms with Crippen LogP contribution in [0.15, 0.2) is 58.2 Å². The molecule has 1 heterocycles. The minimum Gasteiger partial charge on any atom is -0.463 e. The van der Waals surface area contributed by atoms with Gasteiger partial charge in [0.1, 0.15) is 5.76 Å². The second-order valence-corrected chi connectivity index (χ2v) is 3.56. The third-order valence-corrected chi connectivity index (χ3v) is 2.27. The van der Waals surface area contributed by atoms with Crippen LogP contribution in [0.3, 0.4) is 0 Å². The summed E-state index contributed by atoms with van der Waals surface area (Å²) in [5.41, 5.74) is 2.76. The monoisotopic (exact) mass is 244 g/mol. The minimum atomic E-state index is -1.24. The highest BCUT2D eigenvalue weighted by Crippen LogP contribution is 2.11. The number of carbonyl (C=O) groups excluding carboxylic acids is 1. The van der Waals surface area contributed by atoms with E-state index in [9.17, 15) is 9.90 Å². The van der Waals surface area contributed by atoms with Gasteiger partial charge in [0.05, 0.1) is 12.5 Å². The van der Waals surface area contributed by atoms with E-state index < -0.39 is 12.0 Å². The maximum absolute atomic E-state index is 11.6. The van der Waals surface area contributed by atoms with Crippen LogP contribution in [0.1, 0.15) is 17.4 Å². The Balaban J connectivity index is 1.92. The number of benzene rings is 1. The van der Waals surface area contributed by atoms with Crippen LogP contribution in [-0.2, 0) is 4.79 Å². The van der Waals surface area contributed by atoms with Gasteiger partial charge in [-0.3, -0.25) is 4.79 Å². The molecule has 0 saturated heterocycles. The lowest BCUT2D eigenvalue weighted by molar-refractivity contribution is -0.129. The molecule has 0 bridgehead atoms. The fourth-order valence-electron chi connectivity index (χ4n) is 1.37. The zero-order valence-corrected chi connectivity index (χ0v) is 9.48. The predicted molar refractivity (Wildman–Crippen MR) is 65.8 cm³/mol. The van der Waals surface area contributed by atoms with E-state index in [4.69, 9.17) is 4.42 Å². The normalized spacial score (nSPS) is 12.5. The Morgan fingerprint density at radius 3 is 2.72 bits per heavy atom. The Morgan fingerprint density at radius 1 is 1.28 bits per heavy atom. The number of furan rings is 1. The number of hydrazone groups is 1. The Bertz CT molecular complexity index is 520. The molecule has 1 aromatic carbocycles. The number of rotatable bonds is 4. The van der Waals surface area contributed by atoms with Crippen LogP contribution in [0.2, 0.25) is 0 Å². The van der Waals surface area contributed by atoms with Gasteiger partial charge < -0.3 is 9.52 Å². The topological polar surface area (TPSA) is 74.8 Å². The lowest BCUT2D eigenvalue weighted by atomic mass is 10.1. The van der Waals surface area contributed by atoms with E-state index >= 15 is 0 Å². The molecular formula is C13H12N2O3. The first-order valence-electron chi connectivity index (χ1n) is 5.37. The number of aliphatic hydroxyl groups excluding tert-OH is 1. The van der Waals surface area contributed by atoms with Crippen LogP contribution < -0.4 is 5.43 Å². The number of nitrogens with zero attached hydrogens (tertiary/aromatic N) is 1. The van der Waals surface area contributed by atoms with Crippen LogP contribution in [0.4, 0.5) is 0 Å². The van der Waals surface area contributed by atoms with Gasteiger partial charge in [-0.15, -0.1) is 0 Å². The van der Waals surface area contributed by atoms with Crippen molar-refractivity contribution in [3.05, 3.63) is 60.1 Å². The van der Waals surface area contributed by atoms with E-state index in [1.165, 1.54) is 12.5 Å². The molecular weight excluding hydrogens is 232 g/mol. The SMILES string of the molecule is O=C(N/N=C\c1ccco1)[C@H](O)c1ccccc1. The largest absolute Gasteiger partial charge is 0.463 e. The molecule has 0 unspecified atom stereocenters. The molecule has 5 heteroatoms. The Labute approximate surface area is 104 Å². The number of amides is 1. The van der Waals surface area contributed by atoms with Crippen molar-refractivity contribution in [3.63, 3.8) is 0 Å². The molecule has 1 aromatic heterocycles. The van der Waals surface area contributed by atoms with Gasteiger partial charge in [0.25, 0.3) is 5.91 Å². The summed E-state index contributed by atoms with van der Waals surface area (Å²) >= 11 is 0. The molecule has 2 N–H and O–H groups in total. The summed E-state index contributed by atoms with van der Waals surface area (Å²) in [5.74, 6) is -0.0755. The van der Waals surface area contributed by atoms with Gasteiger partial charge >= 0.3 is 0 Å². The zero-order chi connectivity index (χ0) is 12.8. The average molecular weight is 244 g/mol. The molecule has 0 aliphatic carbocycles. The molecule has 0 saturated carbocycles. The summed E-state index contributed by atoms with van der Waals surface area (Å²) in [5, 5.41) is 13.4. The molecule has 1 atom stereocenters. The van der Waals surface area contributed by atoms with E-state index in [1.54, 1.807) is 36.4 Å². The highest BCUT2D eigenvalue weighted by Gasteiger charge is 2.15. The van der Waals surface area contributed by atoms with Crippen molar-refractivity contribution in [1.82, 2.24) is 5.43 Å². The van der Waals surface area contributed by atoms with Gasteiger partial charge in [-0.2, -0.15) is 5.10 Å². The fraction of sp³-hybridized carbons (Fsp3) is 0.0769. The number of hydrogen-bond acceptors (Lipinski definition) is 4. The molecule has 0 radical (unpaired) electrons. The van der Waals surface area contributed by atoms with Crippen LogP contribution in [0.25, 0.3) is 0 Å². The highest BCUT2D eigenvalue weighted by atomic mass is 16.3. The Hall–Kier alpha value is -2.40. The van der Waals surface area contributed by atoms with E-state index in [0.29, 0.717) is 11.3 Å². The molecule has 0 aliphatic heterocycles. The van der Waals surface area contributed by atoms with E-state index in [0.717, 1.165) is 0 Å². The maximum atomic E-state index is 11.6.